The molecule has 0 aliphatic carbocycles. The number of anilines is 2. The van der Waals surface area contributed by atoms with Gasteiger partial charge in [-0.1, -0.05) is 6.07 Å². The molecule has 0 bridgehead atoms. The third kappa shape index (κ3) is 2.64. The molecule has 136 valence electrons. The van der Waals surface area contributed by atoms with Crippen molar-refractivity contribution in [2.24, 2.45) is 7.05 Å². The lowest BCUT2D eigenvalue weighted by Gasteiger charge is -2.32. The minimum Gasteiger partial charge on any atom is -0.383 e. The van der Waals surface area contributed by atoms with Crippen LogP contribution in [0.2, 0.25) is 0 Å². The molecule has 1 aromatic carbocycles. The molecule has 0 atom stereocenters. The number of rotatable bonds is 2. The number of fused-ring (bicyclic) bond motifs is 1. The molecule has 26 heavy (non-hydrogen) atoms. The van der Waals surface area contributed by atoms with Crippen LogP contribution in [0.25, 0.3) is 22.3 Å². The van der Waals surface area contributed by atoms with Crippen LogP contribution in [0.15, 0.2) is 18.2 Å². The molecule has 2 aromatic heterocycles. The summed E-state index contributed by atoms with van der Waals surface area (Å²) in [6.07, 6.45) is 0. The van der Waals surface area contributed by atoms with E-state index in [-0.39, 0.29) is 11.3 Å². The Morgan fingerprint density at radius 2 is 1.77 bits per heavy atom. The minimum absolute atomic E-state index is 0.0486. The summed E-state index contributed by atoms with van der Waals surface area (Å²) in [5.41, 5.74) is 6.77. The van der Waals surface area contributed by atoms with Crippen LogP contribution in [0.5, 0.6) is 0 Å². The standard InChI is InChI=1S/C17H19F2N7/c1-24-6-8-26(9-7-24)17-21-14(10-4-3-5-11(18)13(10)19)12-15(20)25(2)23-16(12)22-17/h3-5H,6-9,20H2,1-2H3. The first-order chi connectivity index (χ1) is 12.5. The van der Waals surface area contributed by atoms with Crippen molar-refractivity contribution < 1.29 is 8.78 Å². The number of hydrogen-bond donors (Lipinski definition) is 1. The zero-order valence-corrected chi connectivity index (χ0v) is 14.6. The molecular weight excluding hydrogens is 340 g/mol. The number of nitrogens with two attached hydrogens (primary N) is 1. The fourth-order valence-electron chi connectivity index (χ4n) is 3.13. The number of likely N-dealkylation sites (N-methyl/N-ethyl adjacent to an activating group) is 1. The number of benzene rings is 1. The van der Waals surface area contributed by atoms with E-state index < -0.39 is 11.6 Å². The number of nitrogen functional groups attached to an aromatic ring is 1. The van der Waals surface area contributed by atoms with Gasteiger partial charge in [0, 0.05) is 38.8 Å². The summed E-state index contributed by atoms with van der Waals surface area (Å²) >= 11 is 0. The molecule has 2 N–H and O–H groups in total. The van der Waals surface area contributed by atoms with Crippen molar-refractivity contribution in [3.05, 3.63) is 29.8 Å². The lowest BCUT2D eigenvalue weighted by atomic mass is 10.1. The van der Waals surface area contributed by atoms with E-state index in [0.29, 0.717) is 22.8 Å². The van der Waals surface area contributed by atoms with Gasteiger partial charge in [-0.05, 0) is 19.2 Å². The van der Waals surface area contributed by atoms with Crippen molar-refractivity contribution in [2.45, 2.75) is 0 Å². The van der Waals surface area contributed by atoms with Gasteiger partial charge >= 0.3 is 0 Å². The van der Waals surface area contributed by atoms with Crippen LogP contribution in [0.1, 0.15) is 0 Å². The number of aryl methyl sites for hydroxylation is 1. The molecule has 0 amide bonds. The van der Waals surface area contributed by atoms with Crippen molar-refractivity contribution in [2.75, 3.05) is 43.9 Å². The number of nitrogens with zero attached hydrogens (tertiary/aromatic N) is 6. The van der Waals surface area contributed by atoms with Crippen molar-refractivity contribution in [3.8, 4) is 11.3 Å². The molecule has 1 aliphatic heterocycles. The molecule has 0 spiro atoms. The maximum absolute atomic E-state index is 14.5. The van der Waals surface area contributed by atoms with E-state index >= 15 is 0 Å². The quantitative estimate of drug-likeness (QED) is 0.750. The van der Waals surface area contributed by atoms with Crippen molar-refractivity contribution in [1.29, 1.82) is 0 Å². The molecule has 0 unspecified atom stereocenters. The third-order valence-corrected chi connectivity index (χ3v) is 4.72. The topological polar surface area (TPSA) is 76.1 Å². The summed E-state index contributed by atoms with van der Waals surface area (Å²) in [5, 5.41) is 4.73. The molecule has 4 rings (SSSR count). The van der Waals surface area contributed by atoms with E-state index in [9.17, 15) is 8.78 Å². The van der Waals surface area contributed by atoms with Crippen LogP contribution >= 0.6 is 0 Å². The molecule has 0 saturated carbocycles. The lowest BCUT2D eigenvalue weighted by molar-refractivity contribution is 0.311. The summed E-state index contributed by atoms with van der Waals surface area (Å²) in [7, 11) is 3.73. The van der Waals surface area contributed by atoms with Crippen molar-refractivity contribution in [3.63, 3.8) is 0 Å². The predicted octanol–water partition coefficient (Wildman–Crippen LogP) is 1.64. The van der Waals surface area contributed by atoms with Crippen LogP contribution in [0.3, 0.4) is 0 Å². The van der Waals surface area contributed by atoms with Crippen LogP contribution in [-0.4, -0.2) is 57.9 Å². The Balaban J connectivity index is 1.93. The van der Waals surface area contributed by atoms with E-state index in [1.165, 1.54) is 16.8 Å². The number of hydrogen-bond acceptors (Lipinski definition) is 6. The Morgan fingerprint density at radius 3 is 2.50 bits per heavy atom. The number of aromatic nitrogens is 4. The fourth-order valence-corrected chi connectivity index (χ4v) is 3.13. The average molecular weight is 359 g/mol. The van der Waals surface area contributed by atoms with E-state index in [0.717, 1.165) is 32.2 Å². The number of piperazine rings is 1. The van der Waals surface area contributed by atoms with Crippen LogP contribution < -0.4 is 10.6 Å². The van der Waals surface area contributed by atoms with Gasteiger partial charge in [-0.25, -0.2) is 13.8 Å². The highest BCUT2D eigenvalue weighted by molar-refractivity contribution is 5.99. The monoisotopic (exact) mass is 359 g/mol. The Morgan fingerprint density at radius 1 is 1.04 bits per heavy atom. The van der Waals surface area contributed by atoms with Gasteiger partial charge in [0.15, 0.2) is 17.3 Å². The molecule has 9 heteroatoms. The highest BCUT2D eigenvalue weighted by Crippen LogP contribution is 2.33. The largest absolute Gasteiger partial charge is 0.383 e. The summed E-state index contributed by atoms with van der Waals surface area (Å²) in [5.74, 6) is -1.14. The lowest BCUT2D eigenvalue weighted by Crippen LogP contribution is -2.45. The van der Waals surface area contributed by atoms with Gasteiger partial charge in [-0.3, -0.25) is 4.68 Å². The second-order valence-corrected chi connectivity index (χ2v) is 6.47. The summed E-state index contributed by atoms with van der Waals surface area (Å²) < 4.78 is 29.7. The van der Waals surface area contributed by atoms with Gasteiger partial charge in [-0.15, -0.1) is 0 Å². The SMILES string of the molecule is CN1CCN(c2nc(-c3cccc(F)c3F)c3c(N)n(C)nc3n2)CC1. The third-order valence-electron chi connectivity index (χ3n) is 4.72. The maximum atomic E-state index is 14.5. The normalized spacial score (nSPS) is 15.8. The highest BCUT2D eigenvalue weighted by atomic mass is 19.2. The summed E-state index contributed by atoms with van der Waals surface area (Å²) in [4.78, 5) is 13.3. The van der Waals surface area contributed by atoms with Crippen LogP contribution in [-0.2, 0) is 7.05 Å². The van der Waals surface area contributed by atoms with Gasteiger partial charge in [0.05, 0.1) is 11.1 Å². The molecule has 1 aliphatic rings. The van der Waals surface area contributed by atoms with Gasteiger partial charge in [0.2, 0.25) is 5.95 Å². The molecule has 1 fully saturated rings. The van der Waals surface area contributed by atoms with Gasteiger partial charge in [0.25, 0.3) is 0 Å². The van der Waals surface area contributed by atoms with Crippen LogP contribution in [0, 0.1) is 11.6 Å². The Hall–Kier alpha value is -2.81. The first-order valence-electron chi connectivity index (χ1n) is 8.34. The first-order valence-corrected chi connectivity index (χ1v) is 8.34. The van der Waals surface area contributed by atoms with E-state index in [1.54, 1.807) is 7.05 Å². The molecule has 7 nitrogen and oxygen atoms in total. The smallest absolute Gasteiger partial charge is 0.228 e. The Labute approximate surface area is 149 Å². The Kier molecular flexibility index (Phi) is 3.95. The van der Waals surface area contributed by atoms with Crippen LogP contribution in [0.4, 0.5) is 20.5 Å². The minimum atomic E-state index is -0.958. The fraction of sp³-hybridized carbons (Fsp3) is 0.353. The zero-order valence-electron chi connectivity index (χ0n) is 14.6. The first kappa shape index (κ1) is 16.6. The second kappa shape index (κ2) is 6.17. The molecule has 1 saturated heterocycles. The van der Waals surface area contributed by atoms with E-state index in [4.69, 9.17) is 5.73 Å². The van der Waals surface area contributed by atoms with Gasteiger partial charge in [0.1, 0.15) is 5.82 Å². The summed E-state index contributed by atoms with van der Waals surface area (Å²) in [6, 6.07) is 4.01. The number of halogens is 2. The van der Waals surface area contributed by atoms with Crippen molar-refractivity contribution >= 4 is 22.8 Å². The molecule has 3 heterocycles. The maximum Gasteiger partial charge on any atom is 0.228 e. The summed E-state index contributed by atoms with van der Waals surface area (Å²) in [6.45, 7) is 3.23. The van der Waals surface area contributed by atoms with E-state index in [2.05, 4.69) is 20.0 Å². The molecule has 0 radical (unpaired) electrons. The second-order valence-electron chi connectivity index (χ2n) is 6.47. The van der Waals surface area contributed by atoms with E-state index in [1.807, 2.05) is 11.9 Å². The van der Waals surface area contributed by atoms with Gasteiger partial charge < -0.3 is 15.5 Å². The molecular formula is C17H19F2N7. The van der Waals surface area contributed by atoms with Crippen molar-refractivity contribution in [1.82, 2.24) is 24.6 Å². The Bertz CT molecular complexity index is 977. The predicted molar refractivity (Wildman–Crippen MR) is 95.8 cm³/mol. The highest BCUT2D eigenvalue weighted by Gasteiger charge is 2.24. The average Bonchev–Trinajstić information content (AvgIpc) is 2.91. The van der Waals surface area contributed by atoms with Gasteiger partial charge in [-0.2, -0.15) is 10.1 Å². The molecule has 3 aromatic rings. The zero-order chi connectivity index (χ0) is 18.4.